The van der Waals surface area contributed by atoms with E-state index in [0.717, 1.165) is 32.8 Å². The third-order valence-electron chi connectivity index (χ3n) is 3.70. The van der Waals surface area contributed by atoms with E-state index in [1.54, 1.807) is 8.61 Å². The number of hydrogen-bond donors (Lipinski definition) is 0. The highest BCUT2D eigenvalue weighted by Gasteiger charge is 2.39. The van der Waals surface area contributed by atoms with Crippen molar-refractivity contribution in [2.45, 2.75) is 13.8 Å². The van der Waals surface area contributed by atoms with E-state index >= 15 is 0 Å². The molecule has 22 heavy (non-hydrogen) atoms. The lowest BCUT2D eigenvalue weighted by atomic mass is 10.1. The monoisotopic (exact) mass is 328 g/mol. The Kier molecular flexibility index (Phi) is 6.66. The van der Waals surface area contributed by atoms with Gasteiger partial charge in [-0.05, 0) is 13.8 Å². The molecule has 0 N–H and O–H groups in total. The van der Waals surface area contributed by atoms with Crippen LogP contribution in [-0.4, -0.2) is 84.0 Å². The molecule has 0 saturated carbocycles. The Labute approximate surface area is 135 Å². The molecule has 0 unspecified atom stereocenters. The third kappa shape index (κ3) is 4.21. The van der Waals surface area contributed by atoms with Gasteiger partial charge in [0.1, 0.15) is 0 Å². The van der Waals surface area contributed by atoms with Crippen molar-refractivity contribution in [2.24, 2.45) is 10.9 Å². The van der Waals surface area contributed by atoms with E-state index in [2.05, 4.69) is 9.89 Å². The number of carbonyl (C=O) groups excluding carboxylic acids is 2. The average Bonchev–Trinajstić information content (AvgIpc) is 2.55. The van der Waals surface area contributed by atoms with E-state index in [9.17, 15) is 9.59 Å². The van der Waals surface area contributed by atoms with Crippen molar-refractivity contribution in [1.82, 2.24) is 13.5 Å². The van der Waals surface area contributed by atoms with E-state index in [1.807, 2.05) is 13.8 Å². The summed E-state index contributed by atoms with van der Waals surface area (Å²) in [5, 5.41) is 0. The number of ether oxygens (including phenoxy) is 1. The lowest BCUT2D eigenvalue weighted by Crippen LogP contribution is -2.49. The van der Waals surface area contributed by atoms with Gasteiger partial charge in [0.05, 0.1) is 31.9 Å². The second kappa shape index (κ2) is 8.50. The van der Waals surface area contributed by atoms with Crippen LogP contribution in [0.15, 0.2) is 4.99 Å². The number of nitrogens with zero attached hydrogens (tertiary/aromatic N) is 4. The summed E-state index contributed by atoms with van der Waals surface area (Å²) in [4.78, 5) is 31.1. The molecule has 0 spiro atoms. The van der Waals surface area contributed by atoms with Gasteiger partial charge < -0.3 is 4.74 Å². The molecular weight excluding hydrogens is 304 g/mol. The first-order valence-corrected chi connectivity index (χ1v) is 8.51. The molecule has 2 aliphatic heterocycles. The van der Waals surface area contributed by atoms with E-state index < -0.39 is 5.92 Å². The molecule has 2 aliphatic rings. The highest BCUT2D eigenvalue weighted by Crippen LogP contribution is 2.26. The van der Waals surface area contributed by atoms with Crippen LogP contribution >= 0.6 is 12.1 Å². The van der Waals surface area contributed by atoms with E-state index in [0.29, 0.717) is 19.6 Å². The van der Waals surface area contributed by atoms with Gasteiger partial charge in [-0.3, -0.25) is 28.1 Å². The second-order valence-electron chi connectivity index (χ2n) is 5.13. The Hall–Kier alpha value is -1.12. The van der Waals surface area contributed by atoms with Gasteiger partial charge in [-0.25, -0.2) is 0 Å². The van der Waals surface area contributed by atoms with E-state index in [1.165, 1.54) is 18.3 Å². The van der Waals surface area contributed by atoms with Crippen molar-refractivity contribution in [3.8, 4) is 0 Å². The van der Waals surface area contributed by atoms with Crippen LogP contribution in [0.3, 0.4) is 0 Å². The topological polar surface area (TPSA) is 65.4 Å². The lowest BCUT2D eigenvalue weighted by molar-refractivity contribution is -0.140. The zero-order chi connectivity index (χ0) is 15.9. The highest BCUT2D eigenvalue weighted by atomic mass is 32.2. The minimum absolute atomic E-state index is 0.169. The first kappa shape index (κ1) is 17.2. The first-order valence-electron chi connectivity index (χ1n) is 7.78. The Morgan fingerprint density at radius 2 is 1.77 bits per heavy atom. The normalized spacial score (nSPS) is 22.1. The third-order valence-corrected chi connectivity index (χ3v) is 4.97. The molecule has 0 aromatic rings. The standard InChI is InChI=1S/C14H24N4O3S/c1-3-17-13(19)12(14(20)18(4-2)22-17)11-15-5-6-16-7-9-21-10-8-16/h11-12H,3-10H2,1-2H3. The molecule has 2 heterocycles. The summed E-state index contributed by atoms with van der Waals surface area (Å²) < 4.78 is 8.52. The summed E-state index contributed by atoms with van der Waals surface area (Å²) in [5.41, 5.74) is 0. The molecular formula is C14H24N4O3S. The predicted molar refractivity (Wildman–Crippen MR) is 86.5 cm³/mol. The molecule has 2 saturated heterocycles. The Morgan fingerprint density at radius 1 is 1.18 bits per heavy atom. The largest absolute Gasteiger partial charge is 0.379 e. The summed E-state index contributed by atoms with van der Waals surface area (Å²) in [6.07, 6.45) is 1.52. The van der Waals surface area contributed by atoms with Crippen LogP contribution in [0.2, 0.25) is 0 Å². The van der Waals surface area contributed by atoms with Crippen LogP contribution < -0.4 is 0 Å². The summed E-state index contributed by atoms with van der Waals surface area (Å²) in [6, 6.07) is 0. The highest BCUT2D eigenvalue weighted by molar-refractivity contribution is 7.95. The van der Waals surface area contributed by atoms with Gasteiger partial charge in [-0.1, -0.05) is 0 Å². The Morgan fingerprint density at radius 3 is 2.32 bits per heavy atom. The summed E-state index contributed by atoms with van der Waals surface area (Å²) in [5.74, 6) is -1.11. The fraction of sp³-hybridized carbons (Fsp3) is 0.786. The lowest BCUT2D eigenvalue weighted by Gasteiger charge is -2.34. The maximum atomic E-state index is 12.3. The molecule has 124 valence electrons. The van der Waals surface area contributed by atoms with Crippen molar-refractivity contribution >= 4 is 30.2 Å². The van der Waals surface area contributed by atoms with Crippen molar-refractivity contribution in [2.75, 3.05) is 52.5 Å². The van der Waals surface area contributed by atoms with Gasteiger partial charge in [0.25, 0.3) is 11.8 Å². The number of carbonyl (C=O) groups is 2. The molecule has 8 heteroatoms. The fourth-order valence-electron chi connectivity index (χ4n) is 2.37. The van der Waals surface area contributed by atoms with Gasteiger partial charge in [0.15, 0.2) is 5.92 Å². The molecule has 0 aromatic heterocycles. The zero-order valence-electron chi connectivity index (χ0n) is 13.2. The molecule has 2 amide bonds. The molecule has 2 rings (SSSR count). The quantitative estimate of drug-likeness (QED) is 0.398. The maximum Gasteiger partial charge on any atom is 0.251 e. The number of amides is 2. The van der Waals surface area contributed by atoms with Gasteiger partial charge >= 0.3 is 0 Å². The predicted octanol–water partition coefficient (Wildman–Crippen LogP) is 0.279. The van der Waals surface area contributed by atoms with Crippen LogP contribution in [0.1, 0.15) is 13.8 Å². The van der Waals surface area contributed by atoms with Crippen molar-refractivity contribution in [1.29, 1.82) is 0 Å². The fourth-order valence-corrected chi connectivity index (χ4v) is 3.23. The van der Waals surface area contributed by atoms with Gasteiger partial charge in [-0.15, -0.1) is 0 Å². The zero-order valence-corrected chi connectivity index (χ0v) is 14.0. The van der Waals surface area contributed by atoms with Gasteiger partial charge in [-0.2, -0.15) is 0 Å². The molecule has 0 aromatic carbocycles. The molecule has 0 atom stereocenters. The van der Waals surface area contributed by atoms with E-state index in [4.69, 9.17) is 4.74 Å². The van der Waals surface area contributed by atoms with Crippen molar-refractivity contribution < 1.29 is 14.3 Å². The number of rotatable bonds is 6. The van der Waals surface area contributed by atoms with E-state index in [-0.39, 0.29) is 11.8 Å². The Balaban J connectivity index is 1.88. The van der Waals surface area contributed by atoms with Crippen LogP contribution in [0.5, 0.6) is 0 Å². The molecule has 0 bridgehead atoms. The summed E-state index contributed by atoms with van der Waals surface area (Å²) in [7, 11) is 0. The van der Waals surface area contributed by atoms with Crippen LogP contribution in [0, 0.1) is 5.92 Å². The summed E-state index contributed by atoms with van der Waals surface area (Å²) in [6.45, 7) is 9.75. The first-order chi connectivity index (χ1) is 10.7. The smallest absolute Gasteiger partial charge is 0.251 e. The molecule has 0 radical (unpaired) electrons. The summed E-state index contributed by atoms with van der Waals surface area (Å²) >= 11 is 1.20. The molecule has 0 aliphatic carbocycles. The van der Waals surface area contributed by atoms with Gasteiger partial charge in [0.2, 0.25) is 0 Å². The number of aliphatic imine (C=N–C) groups is 1. The SMILES string of the molecule is CCN1SN(CC)C(=O)C(C=NCCN2CCOCC2)C1=O. The van der Waals surface area contributed by atoms with Crippen LogP contribution in [-0.2, 0) is 14.3 Å². The van der Waals surface area contributed by atoms with Gasteiger partial charge in [0, 0.05) is 38.9 Å². The van der Waals surface area contributed by atoms with Crippen LogP contribution in [0.4, 0.5) is 0 Å². The molecule has 7 nitrogen and oxygen atoms in total. The Bertz CT molecular complexity index is 404. The van der Waals surface area contributed by atoms with Crippen LogP contribution in [0.25, 0.3) is 0 Å². The number of morpholine rings is 1. The molecule has 2 fully saturated rings. The minimum atomic E-state index is -0.772. The minimum Gasteiger partial charge on any atom is -0.379 e. The van der Waals surface area contributed by atoms with Crippen molar-refractivity contribution in [3.63, 3.8) is 0 Å². The average molecular weight is 328 g/mol. The van der Waals surface area contributed by atoms with Crippen molar-refractivity contribution in [3.05, 3.63) is 0 Å². The maximum absolute atomic E-state index is 12.3. The second-order valence-corrected chi connectivity index (χ2v) is 6.18. The number of hydrogen-bond acceptors (Lipinski definition) is 6.